The first-order valence-corrected chi connectivity index (χ1v) is 8.42. The molecule has 0 amide bonds. The van der Waals surface area contributed by atoms with Gasteiger partial charge in [-0.15, -0.1) is 0 Å². The molecule has 3 unspecified atom stereocenters. The van der Waals surface area contributed by atoms with E-state index in [1.807, 2.05) is 12.3 Å². The second kappa shape index (κ2) is 4.73. The molecule has 0 spiro atoms. The summed E-state index contributed by atoms with van der Waals surface area (Å²) < 4.78 is 6.33. The third-order valence-electron chi connectivity index (χ3n) is 6.12. The minimum absolute atomic E-state index is 0.0254. The Labute approximate surface area is 138 Å². The maximum absolute atomic E-state index is 6.33. The van der Waals surface area contributed by atoms with Crippen LogP contribution in [0.5, 0.6) is 5.88 Å². The minimum Gasteiger partial charge on any atom is -0.451 e. The van der Waals surface area contributed by atoms with Gasteiger partial charge in [-0.2, -0.15) is 0 Å². The number of ether oxygens (including phenoxy) is 1. The molecule has 1 aromatic heterocycles. The van der Waals surface area contributed by atoms with Gasteiger partial charge in [0.1, 0.15) is 5.69 Å². The molecule has 3 atom stereocenters. The number of hydrogen-bond donors (Lipinski definition) is 0. The fraction of sp³-hybridized carbons (Fsp3) is 0.450. The molecule has 0 bridgehead atoms. The standard InChI is InChI=1S/C20H24N2O/c1-5-12-20(4)14-9-6-7-10-15(14)22-16-11-8-13-21-17(16)23-18(22)19(20,2)3/h5-8,10-14,18H,9H2,1-4H3. The van der Waals surface area contributed by atoms with Gasteiger partial charge in [-0.25, -0.2) is 4.98 Å². The minimum atomic E-state index is -0.0482. The van der Waals surface area contributed by atoms with Gasteiger partial charge in [0, 0.05) is 28.6 Å². The van der Waals surface area contributed by atoms with Gasteiger partial charge in [0.05, 0.1) is 0 Å². The molecular formula is C20H24N2O. The van der Waals surface area contributed by atoms with Crippen LogP contribution in [0.2, 0.25) is 0 Å². The van der Waals surface area contributed by atoms with Gasteiger partial charge in [0.2, 0.25) is 5.88 Å². The van der Waals surface area contributed by atoms with Crippen LogP contribution in [-0.2, 0) is 0 Å². The van der Waals surface area contributed by atoms with Crippen LogP contribution < -0.4 is 9.64 Å². The average molecular weight is 308 g/mol. The number of allylic oxidation sites excluding steroid dienone is 6. The quantitative estimate of drug-likeness (QED) is 0.704. The molecule has 0 radical (unpaired) electrons. The lowest BCUT2D eigenvalue weighted by Gasteiger charge is -2.58. The number of rotatable bonds is 1. The summed E-state index contributed by atoms with van der Waals surface area (Å²) in [6, 6.07) is 4.11. The van der Waals surface area contributed by atoms with Crippen LogP contribution in [0.3, 0.4) is 0 Å². The molecule has 120 valence electrons. The molecule has 2 aliphatic heterocycles. The first kappa shape index (κ1) is 14.6. The van der Waals surface area contributed by atoms with E-state index in [0.29, 0.717) is 5.92 Å². The predicted octanol–water partition coefficient (Wildman–Crippen LogP) is 4.69. The lowest BCUT2D eigenvalue weighted by atomic mass is 9.54. The fourth-order valence-electron chi connectivity index (χ4n) is 4.50. The van der Waals surface area contributed by atoms with Crippen LogP contribution in [0, 0.1) is 16.7 Å². The van der Waals surface area contributed by atoms with E-state index in [2.05, 4.69) is 74.0 Å². The molecule has 1 fully saturated rings. The van der Waals surface area contributed by atoms with Crippen molar-refractivity contribution in [2.75, 3.05) is 4.90 Å². The number of pyridine rings is 1. The third kappa shape index (κ3) is 1.73. The first-order valence-electron chi connectivity index (χ1n) is 8.42. The maximum atomic E-state index is 6.33. The van der Waals surface area contributed by atoms with E-state index in [4.69, 9.17) is 4.74 Å². The van der Waals surface area contributed by atoms with Crippen molar-refractivity contribution in [2.45, 2.75) is 40.3 Å². The van der Waals surface area contributed by atoms with E-state index in [1.54, 1.807) is 0 Å². The summed E-state index contributed by atoms with van der Waals surface area (Å²) in [6.07, 6.45) is 14.1. The number of piperidine rings is 1. The lowest BCUT2D eigenvalue weighted by Crippen LogP contribution is -2.61. The van der Waals surface area contributed by atoms with E-state index >= 15 is 0 Å². The summed E-state index contributed by atoms with van der Waals surface area (Å²) in [5, 5.41) is 0. The molecule has 0 aromatic carbocycles. The number of aromatic nitrogens is 1. The number of nitrogens with zero attached hydrogens (tertiary/aromatic N) is 2. The Kier molecular flexibility index (Phi) is 2.99. The van der Waals surface area contributed by atoms with Gasteiger partial charge < -0.3 is 9.64 Å². The van der Waals surface area contributed by atoms with Gasteiger partial charge in [0.25, 0.3) is 0 Å². The fourth-order valence-corrected chi connectivity index (χ4v) is 4.50. The Morgan fingerprint density at radius 2 is 2.17 bits per heavy atom. The number of anilines is 1. The van der Waals surface area contributed by atoms with Crippen LogP contribution in [-0.4, -0.2) is 11.2 Å². The molecule has 3 nitrogen and oxygen atoms in total. The third-order valence-corrected chi connectivity index (χ3v) is 6.12. The van der Waals surface area contributed by atoms with E-state index in [1.165, 1.54) is 5.70 Å². The second-order valence-corrected chi connectivity index (χ2v) is 7.48. The smallest absolute Gasteiger partial charge is 0.239 e. The van der Waals surface area contributed by atoms with Crippen molar-refractivity contribution in [1.29, 1.82) is 0 Å². The van der Waals surface area contributed by atoms with Crippen molar-refractivity contribution in [2.24, 2.45) is 16.7 Å². The van der Waals surface area contributed by atoms with Crippen LogP contribution in [0.25, 0.3) is 0 Å². The molecule has 0 saturated carbocycles. The summed E-state index contributed by atoms with van der Waals surface area (Å²) >= 11 is 0. The van der Waals surface area contributed by atoms with Gasteiger partial charge in [-0.1, -0.05) is 45.1 Å². The Hall–Kier alpha value is -2.03. The largest absolute Gasteiger partial charge is 0.451 e. The number of hydrogen-bond acceptors (Lipinski definition) is 3. The van der Waals surface area contributed by atoms with Gasteiger partial charge in [-0.3, -0.25) is 0 Å². The second-order valence-electron chi connectivity index (χ2n) is 7.48. The molecule has 1 aliphatic carbocycles. The summed E-state index contributed by atoms with van der Waals surface area (Å²) in [6.45, 7) is 9.14. The Morgan fingerprint density at radius 3 is 2.96 bits per heavy atom. The Bertz CT molecular complexity index is 731. The van der Waals surface area contributed by atoms with Crippen molar-refractivity contribution < 1.29 is 4.74 Å². The van der Waals surface area contributed by atoms with E-state index in [-0.39, 0.29) is 17.1 Å². The Morgan fingerprint density at radius 1 is 1.35 bits per heavy atom. The lowest BCUT2D eigenvalue weighted by molar-refractivity contribution is -0.0419. The summed E-state index contributed by atoms with van der Waals surface area (Å²) in [5.74, 6) is 1.20. The zero-order valence-corrected chi connectivity index (χ0v) is 14.3. The van der Waals surface area contributed by atoms with E-state index < -0.39 is 0 Å². The highest BCUT2D eigenvalue weighted by atomic mass is 16.5. The van der Waals surface area contributed by atoms with Crippen LogP contribution in [0.1, 0.15) is 34.1 Å². The summed E-state index contributed by atoms with van der Waals surface area (Å²) in [4.78, 5) is 6.83. The molecule has 1 saturated heterocycles. The highest BCUT2D eigenvalue weighted by Gasteiger charge is 2.61. The zero-order chi connectivity index (χ0) is 16.2. The van der Waals surface area contributed by atoms with E-state index in [9.17, 15) is 0 Å². The Balaban J connectivity index is 1.94. The highest BCUT2D eigenvalue weighted by Crippen LogP contribution is 2.62. The topological polar surface area (TPSA) is 25.4 Å². The molecule has 0 N–H and O–H groups in total. The van der Waals surface area contributed by atoms with Gasteiger partial charge >= 0.3 is 0 Å². The molecule has 3 heterocycles. The van der Waals surface area contributed by atoms with Gasteiger partial charge in [-0.05, 0) is 31.6 Å². The molecule has 4 rings (SSSR count). The monoisotopic (exact) mass is 308 g/mol. The first-order chi connectivity index (χ1) is 11.0. The normalized spacial score (nSPS) is 33.7. The highest BCUT2D eigenvalue weighted by molar-refractivity contribution is 5.66. The van der Waals surface area contributed by atoms with Crippen molar-refractivity contribution in [3.8, 4) is 5.88 Å². The van der Waals surface area contributed by atoms with Crippen molar-refractivity contribution in [3.05, 3.63) is 54.4 Å². The molecular weight excluding hydrogens is 284 g/mol. The maximum Gasteiger partial charge on any atom is 0.239 e. The van der Waals surface area contributed by atoms with Crippen LogP contribution >= 0.6 is 0 Å². The average Bonchev–Trinajstić information content (AvgIpc) is 2.94. The molecule has 3 aliphatic rings. The SMILES string of the molecule is CC=CC1(C)C2CC=CC=C2N2c3cccnc3OC2C1(C)C. The number of fused-ring (bicyclic) bond motifs is 5. The van der Waals surface area contributed by atoms with Gasteiger partial charge in [0.15, 0.2) is 6.23 Å². The van der Waals surface area contributed by atoms with E-state index in [0.717, 1.165) is 18.0 Å². The summed E-state index contributed by atoms with van der Waals surface area (Å²) in [7, 11) is 0. The van der Waals surface area contributed by atoms with Crippen molar-refractivity contribution >= 4 is 5.69 Å². The molecule has 1 aromatic rings. The molecule has 23 heavy (non-hydrogen) atoms. The molecule has 3 heteroatoms. The van der Waals surface area contributed by atoms with Crippen LogP contribution in [0.4, 0.5) is 5.69 Å². The zero-order valence-electron chi connectivity index (χ0n) is 14.3. The summed E-state index contributed by atoms with van der Waals surface area (Å²) in [5.41, 5.74) is 2.43. The van der Waals surface area contributed by atoms with Crippen LogP contribution in [0.15, 0.2) is 54.4 Å². The van der Waals surface area contributed by atoms with Crippen molar-refractivity contribution in [1.82, 2.24) is 4.98 Å². The van der Waals surface area contributed by atoms with Crippen molar-refractivity contribution in [3.63, 3.8) is 0 Å². The predicted molar refractivity (Wildman–Crippen MR) is 93.2 cm³/mol.